The van der Waals surface area contributed by atoms with Gasteiger partial charge in [-0.05, 0) is 77.6 Å². The summed E-state index contributed by atoms with van der Waals surface area (Å²) in [6.45, 7) is 7.86. The molecule has 4 rings (SSSR count). The predicted molar refractivity (Wildman–Crippen MR) is 157 cm³/mol. The van der Waals surface area contributed by atoms with Crippen LogP contribution in [0.1, 0.15) is 38.3 Å². The van der Waals surface area contributed by atoms with Crippen LogP contribution in [0.3, 0.4) is 0 Å². The standard InChI is InChI=1S/C31H36N2O6S/c1-5-31(2,3)24-8-12-26(13-9-24)39-27-14-10-25(11-15-27)32-30(34)17-7-23-6-16-28(37-4)29(22-23)40(35,36)33-18-20-38-21-19-33/h6-17,22H,5,18-21H2,1-4H3,(H,32,34)/b17-7+. The van der Waals surface area contributed by atoms with Crippen LogP contribution in [-0.2, 0) is 25.0 Å². The Kier molecular flexibility index (Phi) is 9.29. The van der Waals surface area contributed by atoms with Crippen molar-refractivity contribution in [2.45, 2.75) is 37.5 Å². The first kappa shape index (κ1) is 29.3. The van der Waals surface area contributed by atoms with Crippen molar-refractivity contribution in [1.29, 1.82) is 0 Å². The van der Waals surface area contributed by atoms with E-state index in [0.717, 1.165) is 12.2 Å². The second kappa shape index (κ2) is 12.7. The van der Waals surface area contributed by atoms with Gasteiger partial charge in [0.1, 0.15) is 22.1 Å². The summed E-state index contributed by atoms with van der Waals surface area (Å²) in [5, 5.41) is 2.81. The number of anilines is 1. The third-order valence-corrected chi connectivity index (χ3v) is 9.00. The minimum atomic E-state index is -3.77. The van der Waals surface area contributed by atoms with Crippen molar-refractivity contribution in [3.63, 3.8) is 0 Å². The van der Waals surface area contributed by atoms with Gasteiger partial charge in [0.2, 0.25) is 15.9 Å². The number of rotatable bonds is 10. The van der Waals surface area contributed by atoms with Gasteiger partial charge in [-0.1, -0.05) is 39.0 Å². The zero-order valence-electron chi connectivity index (χ0n) is 23.3. The highest BCUT2D eigenvalue weighted by atomic mass is 32.2. The molecule has 3 aromatic carbocycles. The van der Waals surface area contributed by atoms with Crippen molar-refractivity contribution < 1.29 is 27.4 Å². The topological polar surface area (TPSA) is 94.2 Å². The van der Waals surface area contributed by atoms with Crippen molar-refractivity contribution >= 4 is 27.7 Å². The van der Waals surface area contributed by atoms with Gasteiger partial charge in [-0.25, -0.2) is 8.42 Å². The van der Waals surface area contributed by atoms with Gasteiger partial charge in [0.25, 0.3) is 0 Å². The molecule has 1 saturated heterocycles. The summed E-state index contributed by atoms with van der Waals surface area (Å²) < 4.78 is 44.3. The van der Waals surface area contributed by atoms with E-state index in [9.17, 15) is 13.2 Å². The van der Waals surface area contributed by atoms with Crippen molar-refractivity contribution in [3.8, 4) is 17.2 Å². The minimum Gasteiger partial charge on any atom is -0.495 e. The molecule has 0 atom stereocenters. The monoisotopic (exact) mass is 564 g/mol. The number of nitrogens with zero attached hydrogens (tertiary/aromatic N) is 1. The molecule has 212 valence electrons. The number of sulfonamides is 1. The first-order valence-electron chi connectivity index (χ1n) is 13.3. The molecule has 0 unspecified atom stereocenters. The molecule has 8 nitrogen and oxygen atoms in total. The molecule has 40 heavy (non-hydrogen) atoms. The Labute approximate surface area is 236 Å². The number of hydrogen-bond acceptors (Lipinski definition) is 6. The summed E-state index contributed by atoms with van der Waals surface area (Å²) >= 11 is 0. The van der Waals surface area contributed by atoms with Crippen LogP contribution in [0, 0.1) is 0 Å². The van der Waals surface area contributed by atoms with Crippen LogP contribution in [0.15, 0.2) is 77.7 Å². The van der Waals surface area contributed by atoms with Gasteiger partial charge in [0.05, 0.1) is 20.3 Å². The third kappa shape index (κ3) is 7.10. The van der Waals surface area contributed by atoms with E-state index < -0.39 is 10.0 Å². The molecule has 1 heterocycles. The average molecular weight is 565 g/mol. The molecular weight excluding hydrogens is 528 g/mol. The first-order chi connectivity index (χ1) is 19.1. The molecule has 0 aromatic heterocycles. The Balaban J connectivity index is 1.38. The van der Waals surface area contributed by atoms with Gasteiger partial charge in [0.15, 0.2) is 0 Å². The second-order valence-corrected chi connectivity index (χ2v) is 12.0. The summed E-state index contributed by atoms with van der Waals surface area (Å²) in [6, 6.07) is 20.0. The number of methoxy groups -OCH3 is 1. The molecule has 1 aliphatic heterocycles. The fraction of sp³-hybridized carbons (Fsp3) is 0.323. The largest absolute Gasteiger partial charge is 0.495 e. The number of amides is 1. The van der Waals surface area contributed by atoms with E-state index in [1.165, 1.54) is 29.1 Å². The number of carbonyl (C=O) groups excluding carboxylic acids is 1. The Morgan fingerprint density at radius 2 is 1.62 bits per heavy atom. The smallest absolute Gasteiger partial charge is 0.248 e. The highest BCUT2D eigenvalue weighted by Gasteiger charge is 2.29. The summed E-state index contributed by atoms with van der Waals surface area (Å²) in [5.74, 6) is 1.29. The summed E-state index contributed by atoms with van der Waals surface area (Å²) in [6.07, 6.45) is 3.97. The molecular formula is C31H36N2O6S. The first-order valence-corrected chi connectivity index (χ1v) is 14.7. The number of nitrogens with one attached hydrogen (secondary N) is 1. The highest BCUT2D eigenvalue weighted by Crippen LogP contribution is 2.31. The molecule has 1 amide bonds. The lowest BCUT2D eigenvalue weighted by Gasteiger charge is -2.26. The third-order valence-electron chi connectivity index (χ3n) is 7.08. The normalized spacial score (nSPS) is 14.7. The Bertz CT molecular complexity index is 1440. The van der Waals surface area contributed by atoms with Gasteiger partial charge in [0, 0.05) is 24.9 Å². The van der Waals surface area contributed by atoms with E-state index in [2.05, 4.69) is 38.2 Å². The number of benzene rings is 3. The van der Waals surface area contributed by atoms with Gasteiger partial charge >= 0.3 is 0 Å². The molecule has 0 aliphatic carbocycles. The quantitative estimate of drug-likeness (QED) is 0.311. The highest BCUT2D eigenvalue weighted by molar-refractivity contribution is 7.89. The Hall–Kier alpha value is -3.66. The van der Waals surface area contributed by atoms with Crippen molar-refractivity contribution in [1.82, 2.24) is 4.31 Å². The van der Waals surface area contributed by atoms with Gasteiger partial charge in [-0.15, -0.1) is 0 Å². The molecule has 1 N–H and O–H groups in total. The molecule has 0 bridgehead atoms. The molecule has 3 aromatic rings. The van der Waals surface area contributed by atoms with Crippen LogP contribution in [0.5, 0.6) is 17.2 Å². The SMILES string of the molecule is CCC(C)(C)c1ccc(Oc2ccc(NC(=O)/C=C/c3ccc(OC)c(S(=O)(=O)N4CCOCC4)c3)cc2)cc1. The Morgan fingerprint density at radius 3 is 2.23 bits per heavy atom. The fourth-order valence-electron chi connectivity index (χ4n) is 4.20. The van der Waals surface area contributed by atoms with Crippen LogP contribution in [-0.4, -0.2) is 52.0 Å². The summed E-state index contributed by atoms with van der Waals surface area (Å²) in [4.78, 5) is 12.6. The van der Waals surface area contributed by atoms with E-state index >= 15 is 0 Å². The molecule has 0 spiro atoms. The van der Waals surface area contributed by atoms with E-state index in [1.807, 2.05) is 12.1 Å². The molecule has 0 radical (unpaired) electrons. The molecule has 0 saturated carbocycles. The van der Waals surface area contributed by atoms with Crippen molar-refractivity contribution in [2.24, 2.45) is 0 Å². The van der Waals surface area contributed by atoms with E-state index in [0.29, 0.717) is 30.2 Å². The van der Waals surface area contributed by atoms with Gasteiger partial charge in [-0.2, -0.15) is 4.31 Å². The second-order valence-electron chi connectivity index (χ2n) is 10.1. The number of ether oxygens (including phenoxy) is 3. The number of hydrogen-bond donors (Lipinski definition) is 1. The van der Waals surface area contributed by atoms with E-state index in [4.69, 9.17) is 14.2 Å². The lowest BCUT2D eigenvalue weighted by Crippen LogP contribution is -2.40. The van der Waals surface area contributed by atoms with E-state index in [1.54, 1.807) is 42.5 Å². The lowest BCUT2D eigenvalue weighted by atomic mass is 9.82. The van der Waals surface area contributed by atoms with Gasteiger partial charge < -0.3 is 19.5 Å². The van der Waals surface area contributed by atoms with Crippen LogP contribution < -0.4 is 14.8 Å². The number of morpholine rings is 1. The fourth-order valence-corrected chi connectivity index (χ4v) is 5.80. The maximum Gasteiger partial charge on any atom is 0.248 e. The van der Waals surface area contributed by atoms with Crippen molar-refractivity contribution in [3.05, 3.63) is 83.9 Å². The van der Waals surface area contributed by atoms with Crippen molar-refractivity contribution in [2.75, 3.05) is 38.7 Å². The zero-order valence-corrected chi connectivity index (χ0v) is 24.2. The maximum atomic E-state index is 13.2. The van der Waals surface area contributed by atoms with Crippen LogP contribution in [0.4, 0.5) is 5.69 Å². The molecule has 1 fully saturated rings. The van der Waals surface area contributed by atoms with E-state index in [-0.39, 0.29) is 35.1 Å². The van der Waals surface area contributed by atoms with Crippen LogP contribution >= 0.6 is 0 Å². The predicted octanol–water partition coefficient (Wildman–Crippen LogP) is 5.85. The molecule has 9 heteroatoms. The summed E-state index contributed by atoms with van der Waals surface area (Å²) in [7, 11) is -2.34. The summed E-state index contributed by atoms with van der Waals surface area (Å²) in [5.41, 5.74) is 2.54. The maximum absolute atomic E-state index is 13.2. The van der Waals surface area contributed by atoms with Crippen LogP contribution in [0.2, 0.25) is 0 Å². The molecule has 1 aliphatic rings. The van der Waals surface area contributed by atoms with Gasteiger partial charge in [-0.3, -0.25) is 4.79 Å². The zero-order chi connectivity index (χ0) is 28.8. The average Bonchev–Trinajstić information content (AvgIpc) is 2.97. The number of carbonyl (C=O) groups is 1. The van der Waals surface area contributed by atoms with Crippen LogP contribution in [0.25, 0.3) is 6.08 Å². The lowest BCUT2D eigenvalue weighted by molar-refractivity contribution is -0.111. The minimum absolute atomic E-state index is 0.0544. The Morgan fingerprint density at radius 1 is 1.00 bits per heavy atom.